The van der Waals surface area contributed by atoms with Gasteiger partial charge in [0, 0.05) is 23.7 Å². The quantitative estimate of drug-likeness (QED) is 0.682. The van der Waals surface area contributed by atoms with Crippen LogP contribution in [0.15, 0.2) is 22.7 Å². The van der Waals surface area contributed by atoms with Crippen LogP contribution in [-0.4, -0.2) is 16.1 Å². The lowest BCUT2D eigenvalue weighted by Crippen LogP contribution is -1.91. The standard InChI is InChI=1S/C8H6N2O3/c9-7-2-5-4(3-10-7)1-6(13-5)8(11)12/h1-3H,(H2,9,10)(H,11,12). The summed E-state index contributed by atoms with van der Waals surface area (Å²) in [6.07, 6.45) is 1.47. The number of aromatic carboxylic acids is 1. The maximum atomic E-state index is 10.5. The van der Waals surface area contributed by atoms with E-state index in [9.17, 15) is 4.79 Å². The number of aromatic nitrogens is 1. The molecular formula is C8H6N2O3. The molecule has 0 amide bonds. The molecule has 0 atom stereocenters. The van der Waals surface area contributed by atoms with Crippen molar-refractivity contribution in [3.05, 3.63) is 24.1 Å². The number of carbonyl (C=O) groups is 1. The van der Waals surface area contributed by atoms with Crippen molar-refractivity contribution >= 4 is 22.8 Å². The van der Waals surface area contributed by atoms with Gasteiger partial charge in [0.15, 0.2) is 0 Å². The fourth-order valence-corrected chi connectivity index (χ4v) is 1.05. The van der Waals surface area contributed by atoms with Gasteiger partial charge in [0.2, 0.25) is 5.76 Å². The molecule has 13 heavy (non-hydrogen) atoms. The Labute approximate surface area is 72.8 Å². The van der Waals surface area contributed by atoms with Crippen LogP contribution in [0.4, 0.5) is 5.82 Å². The van der Waals surface area contributed by atoms with Gasteiger partial charge in [-0.15, -0.1) is 0 Å². The number of rotatable bonds is 1. The number of nitrogens with two attached hydrogens (primary N) is 1. The first-order valence-electron chi connectivity index (χ1n) is 3.55. The molecule has 0 aliphatic heterocycles. The van der Waals surface area contributed by atoms with Gasteiger partial charge in [-0.25, -0.2) is 9.78 Å². The van der Waals surface area contributed by atoms with Gasteiger partial charge >= 0.3 is 5.97 Å². The Bertz CT molecular complexity index is 475. The smallest absolute Gasteiger partial charge is 0.371 e. The molecule has 0 aromatic carbocycles. The molecule has 0 saturated heterocycles. The lowest BCUT2D eigenvalue weighted by molar-refractivity contribution is 0.0665. The summed E-state index contributed by atoms with van der Waals surface area (Å²) < 4.78 is 4.99. The number of pyridine rings is 1. The van der Waals surface area contributed by atoms with Crippen molar-refractivity contribution in [2.45, 2.75) is 0 Å². The molecule has 0 fully saturated rings. The molecule has 2 rings (SSSR count). The first-order chi connectivity index (χ1) is 6.16. The summed E-state index contributed by atoms with van der Waals surface area (Å²) in [6.45, 7) is 0. The van der Waals surface area contributed by atoms with Crippen LogP contribution in [-0.2, 0) is 0 Å². The third-order valence-corrected chi connectivity index (χ3v) is 1.63. The van der Waals surface area contributed by atoms with Gasteiger partial charge in [-0.05, 0) is 0 Å². The van der Waals surface area contributed by atoms with Crippen molar-refractivity contribution in [1.82, 2.24) is 4.98 Å². The van der Waals surface area contributed by atoms with Crippen LogP contribution in [0.2, 0.25) is 0 Å². The van der Waals surface area contributed by atoms with Crippen LogP contribution < -0.4 is 5.73 Å². The summed E-state index contributed by atoms with van der Waals surface area (Å²) in [6, 6.07) is 2.89. The number of fused-ring (bicyclic) bond motifs is 1. The molecule has 66 valence electrons. The third kappa shape index (κ3) is 1.20. The second-order valence-electron chi connectivity index (χ2n) is 2.56. The zero-order valence-electron chi connectivity index (χ0n) is 6.52. The predicted molar refractivity (Wildman–Crippen MR) is 45.4 cm³/mol. The number of carboxylic acid groups (broad SMARTS) is 1. The van der Waals surface area contributed by atoms with Crippen LogP contribution in [0.3, 0.4) is 0 Å². The van der Waals surface area contributed by atoms with E-state index in [0.29, 0.717) is 16.8 Å². The van der Waals surface area contributed by atoms with Gasteiger partial charge < -0.3 is 15.3 Å². The minimum absolute atomic E-state index is 0.109. The molecule has 0 spiro atoms. The summed E-state index contributed by atoms with van der Waals surface area (Å²) >= 11 is 0. The Hall–Kier alpha value is -2.04. The van der Waals surface area contributed by atoms with Crippen molar-refractivity contribution in [3.63, 3.8) is 0 Å². The second kappa shape index (κ2) is 2.48. The molecule has 0 unspecified atom stereocenters. The molecule has 0 aliphatic rings. The van der Waals surface area contributed by atoms with Crippen molar-refractivity contribution in [1.29, 1.82) is 0 Å². The van der Waals surface area contributed by atoms with E-state index in [1.165, 1.54) is 18.3 Å². The lowest BCUT2D eigenvalue weighted by Gasteiger charge is -1.88. The summed E-state index contributed by atoms with van der Waals surface area (Å²) in [5, 5.41) is 9.24. The van der Waals surface area contributed by atoms with E-state index >= 15 is 0 Å². The number of anilines is 1. The highest BCUT2D eigenvalue weighted by Gasteiger charge is 2.10. The first kappa shape index (κ1) is 7.60. The third-order valence-electron chi connectivity index (χ3n) is 1.63. The fourth-order valence-electron chi connectivity index (χ4n) is 1.05. The number of carboxylic acids is 1. The summed E-state index contributed by atoms with van der Waals surface area (Å²) in [5.41, 5.74) is 5.83. The number of hydrogen-bond acceptors (Lipinski definition) is 4. The Morgan fingerprint density at radius 2 is 2.31 bits per heavy atom. The molecule has 0 aliphatic carbocycles. The van der Waals surface area contributed by atoms with E-state index in [2.05, 4.69) is 4.98 Å². The molecule has 2 aromatic rings. The van der Waals surface area contributed by atoms with Gasteiger partial charge in [0.05, 0.1) is 0 Å². The average Bonchev–Trinajstić information content (AvgIpc) is 2.46. The number of furan rings is 1. The van der Waals surface area contributed by atoms with E-state index in [1.807, 2.05) is 0 Å². The monoisotopic (exact) mass is 178 g/mol. The molecule has 2 heterocycles. The Balaban J connectivity index is 2.68. The lowest BCUT2D eigenvalue weighted by atomic mass is 10.3. The van der Waals surface area contributed by atoms with E-state index < -0.39 is 5.97 Å². The van der Waals surface area contributed by atoms with E-state index in [4.69, 9.17) is 15.3 Å². The number of hydrogen-bond donors (Lipinski definition) is 2. The molecule has 5 nitrogen and oxygen atoms in total. The highest BCUT2D eigenvalue weighted by Crippen LogP contribution is 2.19. The number of nitrogen functional groups attached to an aromatic ring is 1. The average molecular weight is 178 g/mol. The van der Waals surface area contributed by atoms with Crippen LogP contribution in [0.1, 0.15) is 10.6 Å². The molecule has 0 bridgehead atoms. The number of nitrogens with zero attached hydrogens (tertiary/aromatic N) is 1. The van der Waals surface area contributed by atoms with Crippen molar-refractivity contribution in [2.75, 3.05) is 5.73 Å². The predicted octanol–water partition coefficient (Wildman–Crippen LogP) is 1.11. The summed E-state index contributed by atoms with van der Waals surface area (Å²) in [7, 11) is 0. The van der Waals surface area contributed by atoms with E-state index in [1.54, 1.807) is 0 Å². The second-order valence-corrected chi connectivity index (χ2v) is 2.56. The first-order valence-corrected chi connectivity index (χ1v) is 3.55. The highest BCUT2D eigenvalue weighted by molar-refractivity contribution is 5.91. The molecule has 3 N–H and O–H groups in total. The van der Waals surface area contributed by atoms with Gasteiger partial charge in [-0.1, -0.05) is 0 Å². The Morgan fingerprint density at radius 3 is 3.00 bits per heavy atom. The minimum atomic E-state index is -1.10. The molecule has 5 heteroatoms. The summed E-state index contributed by atoms with van der Waals surface area (Å²) in [4.78, 5) is 14.3. The van der Waals surface area contributed by atoms with Crippen molar-refractivity contribution in [3.8, 4) is 0 Å². The SMILES string of the molecule is Nc1cc2oc(C(=O)O)cc2cn1. The molecule has 0 radical (unpaired) electrons. The maximum Gasteiger partial charge on any atom is 0.371 e. The fraction of sp³-hybridized carbons (Fsp3) is 0. The van der Waals surface area contributed by atoms with Crippen molar-refractivity contribution < 1.29 is 14.3 Å². The van der Waals surface area contributed by atoms with Crippen LogP contribution >= 0.6 is 0 Å². The van der Waals surface area contributed by atoms with E-state index in [0.717, 1.165) is 0 Å². The Morgan fingerprint density at radius 1 is 1.54 bits per heavy atom. The largest absolute Gasteiger partial charge is 0.475 e. The zero-order valence-corrected chi connectivity index (χ0v) is 6.52. The Kier molecular flexibility index (Phi) is 1.45. The zero-order chi connectivity index (χ0) is 9.42. The van der Waals surface area contributed by atoms with Crippen molar-refractivity contribution in [2.24, 2.45) is 0 Å². The maximum absolute atomic E-state index is 10.5. The topological polar surface area (TPSA) is 89.3 Å². The van der Waals surface area contributed by atoms with Gasteiger partial charge in [-0.3, -0.25) is 0 Å². The van der Waals surface area contributed by atoms with Gasteiger partial charge in [-0.2, -0.15) is 0 Å². The van der Waals surface area contributed by atoms with Crippen LogP contribution in [0.5, 0.6) is 0 Å². The highest BCUT2D eigenvalue weighted by atomic mass is 16.4. The van der Waals surface area contributed by atoms with Gasteiger partial charge in [0.1, 0.15) is 11.4 Å². The minimum Gasteiger partial charge on any atom is -0.475 e. The van der Waals surface area contributed by atoms with Crippen LogP contribution in [0, 0.1) is 0 Å². The molecule has 0 saturated carbocycles. The normalized spacial score (nSPS) is 10.5. The molecular weight excluding hydrogens is 172 g/mol. The summed E-state index contributed by atoms with van der Waals surface area (Å²) in [5.74, 6) is -0.907. The van der Waals surface area contributed by atoms with Gasteiger partial charge in [0.25, 0.3) is 0 Å². The van der Waals surface area contributed by atoms with E-state index in [-0.39, 0.29) is 5.76 Å². The van der Waals surface area contributed by atoms with Crippen LogP contribution in [0.25, 0.3) is 11.0 Å². The molecule has 2 aromatic heterocycles.